The van der Waals surface area contributed by atoms with Crippen molar-refractivity contribution in [1.82, 2.24) is 0 Å². The van der Waals surface area contributed by atoms with Gasteiger partial charge < -0.3 is 24.6 Å². The zero-order chi connectivity index (χ0) is 25.4. The molecule has 2 heterocycles. The molecule has 0 fully saturated rings. The summed E-state index contributed by atoms with van der Waals surface area (Å²) in [6.45, 7) is 0.610. The summed E-state index contributed by atoms with van der Waals surface area (Å²) in [5.74, 6) is -0.571. The second-order valence-electron chi connectivity index (χ2n) is 8.31. The molecule has 0 saturated heterocycles. The van der Waals surface area contributed by atoms with Crippen LogP contribution < -0.4 is 14.4 Å². The maximum Gasteiger partial charge on any atom is 0.573 e. The average Bonchev–Trinajstić information content (AvgIpc) is 3.38. The molecular formula is C26H20F3NO5S. The normalized spacial score (nSPS) is 15.2. The van der Waals surface area contributed by atoms with Crippen molar-refractivity contribution in [2.75, 3.05) is 4.90 Å². The molecule has 10 heteroatoms. The van der Waals surface area contributed by atoms with Gasteiger partial charge in [0.25, 0.3) is 0 Å². The molecule has 3 aromatic carbocycles. The van der Waals surface area contributed by atoms with E-state index in [9.17, 15) is 23.1 Å². The number of hydrogen-bond acceptors (Lipinski definition) is 6. The Kier molecular flexibility index (Phi) is 6.23. The fourth-order valence-corrected chi connectivity index (χ4v) is 5.33. The number of carboxylic acid groups (broad SMARTS) is 1. The van der Waals surface area contributed by atoms with E-state index < -0.39 is 18.6 Å². The molecule has 36 heavy (non-hydrogen) atoms. The van der Waals surface area contributed by atoms with Gasteiger partial charge in [-0.3, -0.25) is 4.79 Å². The van der Waals surface area contributed by atoms with Gasteiger partial charge in [0.2, 0.25) is 0 Å². The first-order valence-electron chi connectivity index (χ1n) is 10.9. The van der Waals surface area contributed by atoms with Gasteiger partial charge in [-0.25, -0.2) is 0 Å². The van der Waals surface area contributed by atoms with Crippen molar-refractivity contribution in [2.24, 2.45) is 0 Å². The van der Waals surface area contributed by atoms with Crippen LogP contribution in [0.25, 0.3) is 10.1 Å². The van der Waals surface area contributed by atoms with Gasteiger partial charge in [0.15, 0.2) is 6.23 Å². The molecule has 0 aliphatic carbocycles. The first-order chi connectivity index (χ1) is 17.2. The summed E-state index contributed by atoms with van der Waals surface area (Å²) in [5.41, 5.74) is 3.80. The van der Waals surface area contributed by atoms with Crippen molar-refractivity contribution in [2.45, 2.75) is 32.2 Å². The topological polar surface area (TPSA) is 79.2 Å². The molecule has 1 atom stereocenters. The van der Waals surface area contributed by atoms with E-state index in [0.29, 0.717) is 23.5 Å². The summed E-state index contributed by atoms with van der Waals surface area (Å²) >= 11 is 1.46. The third-order valence-corrected chi connectivity index (χ3v) is 6.97. The lowest BCUT2D eigenvalue weighted by Gasteiger charge is -2.23. The van der Waals surface area contributed by atoms with Crippen LogP contribution in [0.5, 0.6) is 11.5 Å². The van der Waals surface area contributed by atoms with E-state index >= 15 is 0 Å². The van der Waals surface area contributed by atoms with Crippen LogP contribution >= 0.6 is 11.3 Å². The number of thiophene rings is 1. The van der Waals surface area contributed by atoms with Crippen LogP contribution in [-0.4, -0.2) is 22.5 Å². The number of halogens is 3. The predicted octanol–water partition coefficient (Wildman–Crippen LogP) is 6.02. The van der Waals surface area contributed by atoms with Crippen LogP contribution in [0.2, 0.25) is 0 Å². The first kappa shape index (κ1) is 24.0. The predicted molar refractivity (Wildman–Crippen MR) is 128 cm³/mol. The summed E-state index contributed by atoms with van der Waals surface area (Å²) < 4.78 is 48.2. The minimum atomic E-state index is -4.77. The number of rotatable bonds is 7. The monoisotopic (exact) mass is 515 g/mol. The van der Waals surface area contributed by atoms with E-state index in [1.54, 1.807) is 11.0 Å². The number of alkyl halides is 3. The Hall–Kier alpha value is -3.76. The van der Waals surface area contributed by atoms with Gasteiger partial charge in [-0.1, -0.05) is 18.2 Å². The number of hydrogen-bond donors (Lipinski definition) is 2. The van der Waals surface area contributed by atoms with Gasteiger partial charge in [-0.15, -0.1) is 24.5 Å². The quantitative estimate of drug-likeness (QED) is 0.314. The van der Waals surface area contributed by atoms with E-state index in [-0.39, 0.29) is 18.8 Å². The highest BCUT2D eigenvalue weighted by Gasteiger charge is 2.32. The van der Waals surface area contributed by atoms with Crippen LogP contribution in [0, 0.1) is 0 Å². The molecule has 0 saturated carbocycles. The first-order valence-corrected chi connectivity index (χ1v) is 11.8. The van der Waals surface area contributed by atoms with Crippen molar-refractivity contribution >= 4 is 33.1 Å². The Balaban J connectivity index is 1.31. The maximum atomic E-state index is 12.4. The molecule has 4 aromatic rings. The van der Waals surface area contributed by atoms with Gasteiger partial charge >= 0.3 is 12.3 Å². The van der Waals surface area contributed by atoms with Crippen LogP contribution in [0.1, 0.15) is 28.5 Å². The molecular weight excluding hydrogens is 495 g/mol. The molecule has 0 radical (unpaired) electrons. The molecule has 0 spiro atoms. The molecule has 2 N–H and O–H groups in total. The zero-order valence-corrected chi connectivity index (χ0v) is 19.5. The molecule has 1 aliphatic heterocycles. The second kappa shape index (κ2) is 9.36. The Morgan fingerprint density at radius 1 is 1.06 bits per heavy atom. The third kappa shape index (κ3) is 4.95. The lowest BCUT2D eigenvalue weighted by atomic mass is 10.0. The van der Waals surface area contributed by atoms with E-state index in [1.165, 1.54) is 35.6 Å². The van der Waals surface area contributed by atoms with Crippen LogP contribution in [0.15, 0.2) is 66.0 Å². The smallest absolute Gasteiger partial charge is 0.489 e. The van der Waals surface area contributed by atoms with Crippen molar-refractivity contribution in [1.29, 1.82) is 0 Å². The van der Waals surface area contributed by atoms with Crippen LogP contribution in [0.4, 0.5) is 18.9 Å². The molecule has 0 amide bonds. The molecule has 1 unspecified atom stereocenters. The molecule has 0 bridgehead atoms. The number of anilines is 1. The van der Waals surface area contributed by atoms with Crippen molar-refractivity contribution in [3.63, 3.8) is 0 Å². The average molecular weight is 516 g/mol. The number of aliphatic carboxylic acids is 1. The van der Waals surface area contributed by atoms with E-state index in [1.807, 2.05) is 35.7 Å². The summed E-state index contributed by atoms with van der Waals surface area (Å²) in [4.78, 5) is 12.7. The third-order valence-electron chi connectivity index (χ3n) is 5.98. The summed E-state index contributed by atoms with van der Waals surface area (Å²) in [5, 5.41) is 22.7. The van der Waals surface area contributed by atoms with E-state index in [2.05, 4.69) is 4.74 Å². The Morgan fingerprint density at radius 2 is 1.81 bits per heavy atom. The highest BCUT2D eigenvalue weighted by Crippen LogP contribution is 2.39. The largest absolute Gasteiger partial charge is 0.573 e. The van der Waals surface area contributed by atoms with E-state index in [4.69, 9.17) is 9.84 Å². The molecule has 6 nitrogen and oxygen atoms in total. The Bertz CT molecular complexity index is 1420. The van der Waals surface area contributed by atoms with Crippen LogP contribution in [-0.2, 0) is 24.4 Å². The van der Waals surface area contributed by atoms with E-state index in [0.717, 1.165) is 26.8 Å². The number of benzene rings is 3. The SMILES string of the molecule is O=C(O)Cc1csc2cc(OCc3cccc4c3CN(c3ccc(OC(F)(F)F)cc3)C4O)ccc12. The highest BCUT2D eigenvalue weighted by molar-refractivity contribution is 7.17. The minimum absolute atomic E-state index is 0.0345. The lowest BCUT2D eigenvalue weighted by Crippen LogP contribution is -2.21. The lowest BCUT2D eigenvalue weighted by molar-refractivity contribution is -0.274. The number of nitrogens with zero attached hydrogens (tertiary/aromatic N) is 1. The summed E-state index contributed by atoms with van der Waals surface area (Å²) in [7, 11) is 0. The number of fused-ring (bicyclic) bond motifs is 2. The fraction of sp³-hybridized carbons (Fsp3) is 0.192. The molecule has 5 rings (SSSR count). The number of ether oxygens (including phenoxy) is 2. The fourth-order valence-electron chi connectivity index (χ4n) is 4.34. The Morgan fingerprint density at radius 3 is 2.53 bits per heavy atom. The van der Waals surface area contributed by atoms with Gasteiger partial charge in [0.1, 0.15) is 18.1 Å². The molecule has 1 aromatic heterocycles. The molecule has 1 aliphatic rings. The van der Waals surface area contributed by atoms with Crippen LogP contribution in [0.3, 0.4) is 0 Å². The molecule has 186 valence electrons. The zero-order valence-electron chi connectivity index (χ0n) is 18.7. The summed E-state index contributed by atoms with van der Waals surface area (Å²) in [6.07, 6.45) is -5.76. The van der Waals surface area contributed by atoms with Gasteiger partial charge in [0.05, 0.1) is 6.42 Å². The number of carbonyl (C=O) groups is 1. The standard InChI is InChI=1S/C26H20F3NO5S/c27-26(28,29)35-18-6-4-17(5-7-18)30-12-22-15(2-1-3-21(22)25(30)33)13-34-19-8-9-20-16(10-24(31)32)14-36-23(20)11-19/h1-9,11,14,25,33H,10,12-13H2,(H,31,32). The van der Waals surface area contributed by atoms with Crippen molar-refractivity contribution in [3.8, 4) is 11.5 Å². The van der Waals surface area contributed by atoms with Gasteiger partial charge in [0, 0.05) is 22.5 Å². The van der Waals surface area contributed by atoms with Crippen molar-refractivity contribution in [3.05, 3.63) is 88.3 Å². The maximum absolute atomic E-state index is 12.4. The number of carboxylic acids is 1. The minimum Gasteiger partial charge on any atom is -0.489 e. The second-order valence-corrected chi connectivity index (χ2v) is 9.22. The summed E-state index contributed by atoms with van der Waals surface area (Å²) in [6, 6.07) is 16.4. The van der Waals surface area contributed by atoms with Gasteiger partial charge in [-0.2, -0.15) is 0 Å². The number of aliphatic hydroxyl groups excluding tert-OH is 1. The highest BCUT2D eigenvalue weighted by atomic mass is 32.1. The number of aliphatic hydroxyl groups is 1. The Labute approximate surface area is 207 Å². The van der Waals surface area contributed by atoms with Gasteiger partial charge in [-0.05, 0) is 69.9 Å². The van der Waals surface area contributed by atoms with Crippen molar-refractivity contribution < 1.29 is 37.7 Å².